The van der Waals surface area contributed by atoms with E-state index in [0.717, 1.165) is 22.4 Å². The molecular formula is C22H23NO4. The monoisotopic (exact) mass is 365 g/mol. The first-order chi connectivity index (χ1) is 13.2. The van der Waals surface area contributed by atoms with Crippen LogP contribution in [0.3, 0.4) is 0 Å². The Kier molecular flexibility index (Phi) is 5.81. The molecule has 140 valence electrons. The van der Waals surface area contributed by atoms with Gasteiger partial charge in [0.15, 0.2) is 11.5 Å². The summed E-state index contributed by atoms with van der Waals surface area (Å²) < 4.78 is 21.7. The van der Waals surface area contributed by atoms with E-state index in [1.807, 2.05) is 54.8 Å². The van der Waals surface area contributed by atoms with E-state index in [1.54, 1.807) is 28.4 Å². The predicted molar refractivity (Wildman–Crippen MR) is 107 cm³/mol. The van der Waals surface area contributed by atoms with Crippen molar-refractivity contribution in [2.75, 3.05) is 28.4 Å². The summed E-state index contributed by atoms with van der Waals surface area (Å²) in [5, 5.41) is 0. The highest BCUT2D eigenvalue weighted by atomic mass is 16.5. The lowest BCUT2D eigenvalue weighted by molar-refractivity contribution is 0.324. The fraction of sp³-hybridized carbons (Fsp3) is 0.227. The standard InChI is InChI=1S/C22H23NO4/c1-24-17-10-8-15(9-11-17)21-18(7-5-6-12-23-21)16-13-19(25-2)22(27-4)20(14-16)26-3/h5-14,21H,1-4H3. The van der Waals surface area contributed by atoms with Gasteiger partial charge < -0.3 is 18.9 Å². The van der Waals surface area contributed by atoms with Crippen molar-refractivity contribution in [3.05, 3.63) is 65.8 Å². The third-order valence-corrected chi connectivity index (χ3v) is 4.43. The average molecular weight is 365 g/mol. The van der Waals surface area contributed by atoms with Crippen LogP contribution in [0.2, 0.25) is 0 Å². The van der Waals surface area contributed by atoms with E-state index in [1.165, 1.54) is 0 Å². The molecule has 0 spiro atoms. The normalized spacial score (nSPS) is 15.7. The Bertz CT molecular complexity index is 857. The zero-order chi connectivity index (χ0) is 19.2. The Balaban J connectivity index is 2.10. The molecular weight excluding hydrogens is 342 g/mol. The van der Waals surface area contributed by atoms with Gasteiger partial charge in [-0.1, -0.05) is 24.3 Å². The Morgan fingerprint density at radius 2 is 1.44 bits per heavy atom. The highest BCUT2D eigenvalue weighted by Crippen LogP contribution is 2.43. The van der Waals surface area contributed by atoms with E-state index >= 15 is 0 Å². The van der Waals surface area contributed by atoms with E-state index in [2.05, 4.69) is 6.08 Å². The second-order valence-corrected chi connectivity index (χ2v) is 5.89. The van der Waals surface area contributed by atoms with Crippen LogP contribution in [0.25, 0.3) is 5.57 Å². The van der Waals surface area contributed by atoms with Crippen LogP contribution in [0.15, 0.2) is 59.6 Å². The Hall–Kier alpha value is -3.21. The molecule has 2 aromatic carbocycles. The summed E-state index contributed by atoms with van der Waals surface area (Å²) in [6.45, 7) is 0. The summed E-state index contributed by atoms with van der Waals surface area (Å²) in [6, 6.07) is 11.7. The van der Waals surface area contributed by atoms with Gasteiger partial charge >= 0.3 is 0 Å². The SMILES string of the molecule is COc1ccc(C2N=CC=CC=C2c2cc(OC)c(OC)c(OC)c2)cc1. The number of hydrogen-bond donors (Lipinski definition) is 0. The Morgan fingerprint density at radius 3 is 2.00 bits per heavy atom. The topological polar surface area (TPSA) is 49.3 Å². The molecule has 0 saturated heterocycles. The average Bonchev–Trinajstić information content (AvgIpc) is 2.98. The van der Waals surface area contributed by atoms with Gasteiger partial charge in [-0.15, -0.1) is 0 Å². The molecule has 1 heterocycles. The van der Waals surface area contributed by atoms with E-state index in [4.69, 9.17) is 23.9 Å². The van der Waals surface area contributed by atoms with Crippen molar-refractivity contribution < 1.29 is 18.9 Å². The van der Waals surface area contributed by atoms with Crippen LogP contribution in [0, 0.1) is 0 Å². The van der Waals surface area contributed by atoms with Crippen LogP contribution in [-0.2, 0) is 0 Å². The molecule has 1 aliphatic rings. The van der Waals surface area contributed by atoms with Gasteiger partial charge in [0.1, 0.15) is 11.8 Å². The summed E-state index contributed by atoms with van der Waals surface area (Å²) in [5.41, 5.74) is 3.05. The summed E-state index contributed by atoms with van der Waals surface area (Å²) in [7, 11) is 6.48. The minimum Gasteiger partial charge on any atom is -0.497 e. The second-order valence-electron chi connectivity index (χ2n) is 5.89. The lowest BCUT2D eigenvalue weighted by Crippen LogP contribution is -2.02. The largest absolute Gasteiger partial charge is 0.497 e. The molecule has 0 N–H and O–H groups in total. The van der Waals surface area contributed by atoms with Gasteiger partial charge in [-0.3, -0.25) is 4.99 Å². The zero-order valence-corrected chi connectivity index (χ0v) is 15.9. The molecule has 0 radical (unpaired) electrons. The zero-order valence-electron chi connectivity index (χ0n) is 15.9. The van der Waals surface area contributed by atoms with Crippen molar-refractivity contribution in [1.29, 1.82) is 0 Å². The summed E-state index contributed by atoms with van der Waals surface area (Å²) in [5.74, 6) is 2.60. The number of benzene rings is 2. The maximum Gasteiger partial charge on any atom is 0.203 e. The molecule has 5 nitrogen and oxygen atoms in total. The van der Waals surface area contributed by atoms with Crippen molar-refractivity contribution in [3.8, 4) is 23.0 Å². The highest BCUT2D eigenvalue weighted by Gasteiger charge is 2.21. The molecule has 0 aromatic heterocycles. The molecule has 5 heteroatoms. The van der Waals surface area contributed by atoms with Crippen LogP contribution in [-0.4, -0.2) is 34.7 Å². The van der Waals surface area contributed by atoms with E-state index in [9.17, 15) is 0 Å². The smallest absolute Gasteiger partial charge is 0.203 e. The first-order valence-corrected chi connectivity index (χ1v) is 8.56. The number of rotatable bonds is 6. The number of methoxy groups -OCH3 is 4. The van der Waals surface area contributed by atoms with Gasteiger partial charge in [0.2, 0.25) is 5.75 Å². The number of allylic oxidation sites excluding steroid dienone is 3. The number of nitrogens with zero attached hydrogens (tertiary/aromatic N) is 1. The lowest BCUT2D eigenvalue weighted by Gasteiger charge is -2.20. The van der Waals surface area contributed by atoms with Gasteiger partial charge in [0.05, 0.1) is 28.4 Å². The van der Waals surface area contributed by atoms with Crippen LogP contribution in [0.5, 0.6) is 23.0 Å². The molecule has 1 atom stereocenters. The second kappa shape index (κ2) is 8.45. The molecule has 0 fully saturated rings. The van der Waals surface area contributed by atoms with Crippen LogP contribution < -0.4 is 18.9 Å². The quantitative estimate of drug-likeness (QED) is 0.757. The van der Waals surface area contributed by atoms with E-state index in [-0.39, 0.29) is 6.04 Å². The predicted octanol–water partition coefficient (Wildman–Crippen LogP) is 4.49. The van der Waals surface area contributed by atoms with Gasteiger partial charge in [-0.2, -0.15) is 0 Å². The van der Waals surface area contributed by atoms with Gasteiger partial charge in [0, 0.05) is 6.21 Å². The molecule has 1 aliphatic heterocycles. The minimum absolute atomic E-state index is 0.159. The summed E-state index contributed by atoms with van der Waals surface area (Å²) in [4.78, 5) is 4.73. The first kappa shape index (κ1) is 18.6. The molecule has 0 saturated carbocycles. The van der Waals surface area contributed by atoms with Crippen molar-refractivity contribution in [3.63, 3.8) is 0 Å². The molecule has 3 rings (SSSR count). The fourth-order valence-electron chi connectivity index (χ4n) is 3.07. The molecule has 27 heavy (non-hydrogen) atoms. The highest BCUT2D eigenvalue weighted by molar-refractivity contribution is 5.82. The van der Waals surface area contributed by atoms with Crippen LogP contribution >= 0.6 is 0 Å². The maximum atomic E-state index is 5.51. The van der Waals surface area contributed by atoms with Gasteiger partial charge in [-0.25, -0.2) is 0 Å². The molecule has 1 unspecified atom stereocenters. The Morgan fingerprint density at radius 1 is 0.778 bits per heavy atom. The molecule has 2 aromatic rings. The van der Waals surface area contributed by atoms with Gasteiger partial charge in [0.25, 0.3) is 0 Å². The summed E-state index contributed by atoms with van der Waals surface area (Å²) in [6.07, 6.45) is 7.77. The van der Waals surface area contributed by atoms with Crippen molar-refractivity contribution in [2.45, 2.75) is 6.04 Å². The lowest BCUT2D eigenvalue weighted by atomic mass is 9.92. The Labute approximate surface area is 159 Å². The van der Waals surface area contributed by atoms with Crippen molar-refractivity contribution in [1.82, 2.24) is 0 Å². The van der Waals surface area contributed by atoms with Crippen LogP contribution in [0.4, 0.5) is 0 Å². The number of aliphatic imine (C=N–C) groups is 1. The third kappa shape index (κ3) is 3.82. The third-order valence-electron chi connectivity index (χ3n) is 4.43. The first-order valence-electron chi connectivity index (χ1n) is 8.56. The van der Waals surface area contributed by atoms with Gasteiger partial charge in [-0.05, 0) is 47.0 Å². The molecule has 0 amide bonds. The molecule has 0 aliphatic carbocycles. The maximum absolute atomic E-state index is 5.51. The van der Waals surface area contributed by atoms with E-state index in [0.29, 0.717) is 17.2 Å². The number of hydrogen-bond acceptors (Lipinski definition) is 5. The summed E-state index contributed by atoms with van der Waals surface area (Å²) >= 11 is 0. The van der Waals surface area contributed by atoms with Crippen molar-refractivity contribution >= 4 is 11.8 Å². The van der Waals surface area contributed by atoms with Crippen molar-refractivity contribution in [2.24, 2.45) is 4.99 Å². The fourth-order valence-corrected chi connectivity index (χ4v) is 3.07. The molecule has 0 bridgehead atoms. The minimum atomic E-state index is -0.159. The van der Waals surface area contributed by atoms with Crippen LogP contribution in [0.1, 0.15) is 17.2 Å². The number of ether oxygens (including phenoxy) is 4. The van der Waals surface area contributed by atoms with E-state index < -0.39 is 0 Å².